The van der Waals surface area contributed by atoms with Gasteiger partial charge in [-0.05, 0) is 65.4 Å². The maximum absolute atomic E-state index is 12.6. The van der Waals surface area contributed by atoms with Crippen molar-refractivity contribution in [3.05, 3.63) is 11.6 Å². The highest BCUT2D eigenvalue weighted by atomic mass is 16.4. The molecule has 9 nitrogen and oxygen atoms in total. The van der Waals surface area contributed by atoms with Crippen LogP contribution < -0.4 is 10.6 Å². The van der Waals surface area contributed by atoms with E-state index in [9.17, 15) is 34.2 Å². The van der Waals surface area contributed by atoms with Crippen molar-refractivity contribution < 1.29 is 34.2 Å². The van der Waals surface area contributed by atoms with Crippen LogP contribution in [0.25, 0.3) is 0 Å². The van der Waals surface area contributed by atoms with Crippen molar-refractivity contribution in [3.8, 4) is 0 Å². The molecule has 182 valence electrons. The Morgan fingerprint density at radius 2 is 1.53 bits per heavy atom. The Kier molecular flexibility index (Phi) is 11.9. The minimum absolute atomic E-state index is 0.0204. The number of carboxylic acid groups (broad SMARTS) is 2. The molecule has 1 atom stereocenters. The number of nitrogens with one attached hydrogen (secondary N) is 2. The van der Waals surface area contributed by atoms with E-state index in [1.165, 1.54) is 20.8 Å². The maximum Gasteiger partial charge on any atom is 0.326 e. The largest absolute Gasteiger partial charge is 0.481 e. The van der Waals surface area contributed by atoms with E-state index in [1.54, 1.807) is 19.9 Å². The third-order valence-electron chi connectivity index (χ3n) is 5.34. The second-order valence-electron chi connectivity index (χ2n) is 9.33. The van der Waals surface area contributed by atoms with Gasteiger partial charge < -0.3 is 20.8 Å². The highest BCUT2D eigenvalue weighted by molar-refractivity contribution is 5.93. The number of carboxylic acids is 2. The molecule has 0 aliphatic heterocycles. The van der Waals surface area contributed by atoms with Gasteiger partial charge in [0.1, 0.15) is 6.04 Å². The van der Waals surface area contributed by atoms with Gasteiger partial charge in [-0.3, -0.25) is 19.2 Å². The zero-order chi connectivity index (χ0) is 25.1. The van der Waals surface area contributed by atoms with Crippen LogP contribution in [0.4, 0.5) is 0 Å². The van der Waals surface area contributed by atoms with Crippen molar-refractivity contribution in [2.24, 2.45) is 10.8 Å². The number of hydrogen-bond acceptors (Lipinski definition) is 5. The fourth-order valence-corrected chi connectivity index (χ4v) is 3.43. The lowest BCUT2D eigenvalue weighted by Gasteiger charge is -2.32. The topological polar surface area (TPSA) is 150 Å². The van der Waals surface area contributed by atoms with Crippen LogP contribution >= 0.6 is 0 Å². The number of amides is 2. The highest BCUT2D eigenvalue weighted by Gasteiger charge is 2.40. The summed E-state index contributed by atoms with van der Waals surface area (Å²) in [4.78, 5) is 58.9. The molecule has 0 saturated carbocycles. The summed E-state index contributed by atoms with van der Waals surface area (Å²) < 4.78 is 0. The van der Waals surface area contributed by atoms with Crippen LogP contribution in [-0.4, -0.2) is 52.3 Å². The Balaban J connectivity index is 4.59. The van der Waals surface area contributed by atoms with Gasteiger partial charge in [0.15, 0.2) is 5.78 Å². The van der Waals surface area contributed by atoms with Gasteiger partial charge in [-0.15, -0.1) is 0 Å². The summed E-state index contributed by atoms with van der Waals surface area (Å²) in [6.45, 7) is 9.86. The second kappa shape index (κ2) is 13.0. The van der Waals surface area contributed by atoms with Gasteiger partial charge in [0.25, 0.3) is 0 Å². The normalized spacial score (nSPS) is 13.2. The molecule has 0 saturated heterocycles. The van der Waals surface area contributed by atoms with E-state index in [-0.39, 0.29) is 31.0 Å². The van der Waals surface area contributed by atoms with Crippen molar-refractivity contribution in [1.82, 2.24) is 10.6 Å². The minimum atomic E-state index is -1.26. The molecule has 0 unspecified atom stereocenters. The molecule has 0 aliphatic rings. The van der Waals surface area contributed by atoms with E-state index in [4.69, 9.17) is 0 Å². The van der Waals surface area contributed by atoms with Crippen LogP contribution in [0.2, 0.25) is 0 Å². The first-order valence-corrected chi connectivity index (χ1v) is 10.8. The Morgan fingerprint density at radius 1 is 0.938 bits per heavy atom. The number of ketones is 1. The number of Topliss-reactive ketones (excluding diaryl/α,β-unsaturated/α-hetero) is 1. The average Bonchev–Trinajstić information content (AvgIpc) is 2.66. The van der Waals surface area contributed by atoms with Crippen molar-refractivity contribution in [3.63, 3.8) is 0 Å². The van der Waals surface area contributed by atoms with Gasteiger partial charge in [0.05, 0.1) is 5.41 Å². The fraction of sp³-hybridized carbons (Fsp3) is 0.696. The molecule has 0 aromatic carbocycles. The van der Waals surface area contributed by atoms with Crippen molar-refractivity contribution >= 4 is 29.5 Å². The summed E-state index contributed by atoms with van der Waals surface area (Å²) in [5.74, 6) is -3.18. The van der Waals surface area contributed by atoms with Crippen LogP contribution in [0.5, 0.6) is 0 Å². The van der Waals surface area contributed by atoms with Gasteiger partial charge in [-0.2, -0.15) is 0 Å². The molecule has 9 heteroatoms. The molecule has 4 N–H and O–H groups in total. The number of hydrogen-bond donors (Lipinski definition) is 4. The summed E-state index contributed by atoms with van der Waals surface area (Å²) in [5.41, 5.74) is -1.51. The standard InChI is InChI=1S/C23H38N2O7/c1-7-16(15(2)26)10-8-9-13-24-18(27)12-11-17(19(28)29)25-20(30)22(3,4)14-23(5,6)21(31)32/h7,17H,8-14H2,1-6H3,(H,24,27)(H,25,30)(H,28,29)(H,31,32)/b16-7-/t17-/m0/s1. The number of aliphatic carboxylic acids is 2. The molecule has 0 aromatic rings. The summed E-state index contributed by atoms with van der Waals surface area (Å²) in [7, 11) is 0. The summed E-state index contributed by atoms with van der Waals surface area (Å²) >= 11 is 0. The van der Waals surface area contributed by atoms with Crippen molar-refractivity contribution in [1.29, 1.82) is 0 Å². The lowest BCUT2D eigenvalue weighted by Crippen LogP contribution is -2.48. The molecule has 2 amide bonds. The predicted octanol–water partition coefficient (Wildman–Crippen LogP) is 2.68. The van der Waals surface area contributed by atoms with Gasteiger partial charge in [0.2, 0.25) is 11.8 Å². The molecule has 0 bridgehead atoms. The smallest absolute Gasteiger partial charge is 0.326 e. The van der Waals surface area contributed by atoms with E-state index in [2.05, 4.69) is 10.6 Å². The molecule has 0 fully saturated rings. The molecule has 0 heterocycles. The van der Waals surface area contributed by atoms with Crippen LogP contribution in [0.3, 0.4) is 0 Å². The SMILES string of the molecule is C/C=C(/CCCCNC(=O)CC[C@H](NC(=O)C(C)(C)CC(C)(C)C(=O)O)C(=O)O)C(C)=O. The van der Waals surface area contributed by atoms with Crippen molar-refractivity contribution in [2.75, 3.05) is 6.54 Å². The quantitative estimate of drug-likeness (QED) is 0.219. The van der Waals surface area contributed by atoms with Crippen LogP contribution in [-0.2, 0) is 24.0 Å². The van der Waals surface area contributed by atoms with E-state index in [0.717, 1.165) is 12.0 Å². The number of allylic oxidation sites excluding steroid dienone is 2. The monoisotopic (exact) mass is 454 g/mol. The fourth-order valence-electron chi connectivity index (χ4n) is 3.43. The van der Waals surface area contributed by atoms with Gasteiger partial charge in [-0.25, -0.2) is 4.79 Å². The first kappa shape index (κ1) is 29.3. The number of unbranched alkanes of at least 4 members (excludes halogenated alkanes) is 1. The highest BCUT2D eigenvalue weighted by Crippen LogP contribution is 2.34. The Labute approximate surface area is 190 Å². The van der Waals surface area contributed by atoms with Gasteiger partial charge >= 0.3 is 11.9 Å². The average molecular weight is 455 g/mol. The number of rotatable bonds is 15. The third-order valence-corrected chi connectivity index (χ3v) is 5.34. The number of carbonyl (C=O) groups excluding carboxylic acids is 3. The van der Waals surface area contributed by atoms with Crippen molar-refractivity contribution in [2.45, 2.75) is 86.1 Å². The molecule has 32 heavy (non-hydrogen) atoms. The second-order valence-corrected chi connectivity index (χ2v) is 9.33. The first-order chi connectivity index (χ1) is 14.6. The molecule has 0 radical (unpaired) electrons. The molecule has 0 aliphatic carbocycles. The molecule has 0 rings (SSSR count). The van der Waals surface area contributed by atoms with Gasteiger partial charge in [-0.1, -0.05) is 19.9 Å². The van der Waals surface area contributed by atoms with Crippen LogP contribution in [0, 0.1) is 10.8 Å². The summed E-state index contributed by atoms with van der Waals surface area (Å²) in [6.07, 6.45) is 3.71. The van der Waals surface area contributed by atoms with Crippen LogP contribution in [0.1, 0.15) is 80.1 Å². The zero-order valence-electron chi connectivity index (χ0n) is 20.0. The Morgan fingerprint density at radius 3 is 2.00 bits per heavy atom. The summed E-state index contributed by atoms with van der Waals surface area (Å²) in [6, 6.07) is -1.26. The number of carbonyl (C=O) groups is 5. The van der Waals surface area contributed by atoms with E-state index >= 15 is 0 Å². The Bertz CT molecular complexity index is 739. The first-order valence-electron chi connectivity index (χ1n) is 10.8. The van der Waals surface area contributed by atoms with Gasteiger partial charge in [0, 0.05) is 18.4 Å². The lowest BCUT2D eigenvalue weighted by molar-refractivity contribution is -0.151. The van der Waals surface area contributed by atoms with E-state index in [1.807, 2.05) is 6.92 Å². The van der Waals surface area contributed by atoms with Crippen LogP contribution in [0.15, 0.2) is 11.6 Å². The molecule has 0 aromatic heterocycles. The predicted molar refractivity (Wildman–Crippen MR) is 120 cm³/mol. The van der Waals surface area contributed by atoms with E-state index in [0.29, 0.717) is 19.4 Å². The summed E-state index contributed by atoms with van der Waals surface area (Å²) in [5, 5.41) is 23.8. The molecule has 0 spiro atoms. The zero-order valence-corrected chi connectivity index (χ0v) is 20.0. The minimum Gasteiger partial charge on any atom is -0.481 e. The van der Waals surface area contributed by atoms with E-state index < -0.39 is 34.7 Å². The Hall–Kier alpha value is -2.71. The lowest BCUT2D eigenvalue weighted by atomic mass is 9.74. The maximum atomic E-state index is 12.6. The molecular formula is C23H38N2O7. The molecular weight excluding hydrogens is 416 g/mol. The third kappa shape index (κ3) is 10.5.